The summed E-state index contributed by atoms with van der Waals surface area (Å²) >= 11 is 0. The van der Waals surface area contributed by atoms with Gasteiger partial charge in [-0.3, -0.25) is 0 Å². The Morgan fingerprint density at radius 2 is 1.76 bits per heavy atom. The van der Waals surface area contributed by atoms with E-state index in [1.54, 1.807) is 13.8 Å². The SMILES string of the molecule is CC(C)(c1ccc(CCON)cc1)S(C)(=O)=O. The zero-order chi connectivity index (χ0) is 13.1. The summed E-state index contributed by atoms with van der Waals surface area (Å²) in [7, 11) is -3.13. The van der Waals surface area contributed by atoms with E-state index >= 15 is 0 Å². The fourth-order valence-electron chi connectivity index (χ4n) is 1.46. The van der Waals surface area contributed by atoms with Crippen LogP contribution in [-0.2, 0) is 25.8 Å². The quantitative estimate of drug-likeness (QED) is 0.809. The molecule has 1 aromatic carbocycles. The summed E-state index contributed by atoms with van der Waals surface area (Å²) in [6, 6.07) is 7.49. The van der Waals surface area contributed by atoms with Gasteiger partial charge in [-0.05, 0) is 31.4 Å². The van der Waals surface area contributed by atoms with Crippen LogP contribution in [0.2, 0.25) is 0 Å². The van der Waals surface area contributed by atoms with Crippen molar-refractivity contribution in [2.75, 3.05) is 12.9 Å². The third kappa shape index (κ3) is 3.28. The molecule has 5 heteroatoms. The Kier molecular flexibility index (Phi) is 4.30. The third-order valence-corrected chi connectivity index (χ3v) is 5.17. The fraction of sp³-hybridized carbons (Fsp3) is 0.500. The van der Waals surface area contributed by atoms with Gasteiger partial charge >= 0.3 is 0 Å². The molecule has 0 aliphatic rings. The topological polar surface area (TPSA) is 69.4 Å². The summed E-state index contributed by atoms with van der Waals surface area (Å²) < 4.78 is 22.5. The predicted molar refractivity (Wildman–Crippen MR) is 68.2 cm³/mol. The second kappa shape index (κ2) is 5.16. The van der Waals surface area contributed by atoms with Gasteiger partial charge in [0.05, 0.1) is 11.4 Å². The predicted octanol–water partition coefficient (Wildman–Crippen LogP) is 1.40. The van der Waals surface area contributed by atoms with Crippen LogP contribution in [0.15, 0.2) is 24.3 Å². The Morgan fingerprint density at radius 3 is 2.18 bits per heavy atom. The molecule has 0 saturated carbocycles. The number of hydrogen-bond donors (Lipinski definition) is 1. The van der Waals surface area contributed by atoms with Crippen molar-refractivity contribution < 1.29 is 13.3 Å². The Morgan fingerprint density at radius 1 is 1.24 bits per heavy atom. The summed E-state index contributed by atoms with van der Waals surface area (Å²) in [6.45, 7) is 3.87. The van der Waals surface area contributed by atoms with Gasteiger partial charge in [0.1, 0.15) is 0 Å². The summed E-state index contributed by atoms with van der Waals surface area (Å²) in [5.74, 6) is 4.95. The Balaban J connectivity index is 2.95. The number of hydrogen-bond acceptors (Lipinski definition) is 4. The van der Waals surface area contributed by atoms with Crippen LogP contribution < -0.4 is 5.90 Å². The lowest BCUT2D eigenvalue weighted by Gasteiger charge is -2.23. The van der Waals surface area contributed by atoms with Crippen LogP contribution >= 0.6 is 0 Å². The van der Waals surface area contributed by atoms with Crippen LogP contribution in [0.25, 0.3) is 0 Å². The average Bonchev–Trinajstić information content (AvgIpc) is 2.25. The van der Waals surface area contributed by atoms with Crippen molar-refractivity contribution in [2.45, 2.75) is 25.0 Å². The van der Waals surface area contributed by atoms with Crippen molar-refractivity contribution in [1.82, 2.24) is 0 Å². The van der Waals surface area contributed by atoms with Gasteiger partial charge in [0.15, 0.2) is 9.84 Å². The minimum Gasteiger partial charge on any atom is -0.304 e. The molecule has 0 aliphatic heterocycles. The largest absolute Gasteiger partial charge is 0.304 e. The van der Waals surface area contributed by atoms with Crippen molar-refractivity contribution in [2.24, 2.45) is 5.90 Å². The first-order valence-corrected chi connectivity index (χ1v) is 7.29. The molecule has 4 nitrogen and oxygen atoms in total. The molecule has 0 heterocycles. The molecule has 2 N–H and O–H groups in total. The van der Waals surface area contributed by atoms with E-state index in [4.69, 9.17) is 5.90 Å². The van der Waals surface area contributed by atoms with Gasteiger partial charge < -0.3 is 4.84 Å². The highest BCUT2D eigenvalue weighted by Crippen LogP contribution is 2.28. The number of benzene rings is 1. The molecular weight excluding hydrogens is 238 g/mol. The molecule has 0 spiro atoms. The molecule has 96 valence electrons. The lowest BCUT2D eigenvalue weighted by molar-refractivity contribution is 0.141. The van der Waals surface area contributed by atoms with Gasteiger partial charge in [0, 0.05) is 6.26 Å². The lowest BCUT2D eigenvalue weighted by atomic mass is 10.00. The molecule has 1 aromatic rings. The molecule has 0 unspecified atom stereocenters. The van der Waals surface area contributed by atoms with E-state index < -0.39 is 14.6 Å². The first-order chi connectivity index (χ1) is 7.79. The van der Waals surface area contributed by atoms with Crippen LogP contribution in [-0.4, -0.2) is 21.3 Å². The third-order valence-electron chi connectivity index (χ3n) is 3.08. The van der Waals surface area contributed by atoms with Crippen LogP contribution in [0.1, 0.15) is 25.0 Å². The molecule has 0 bridgehead atoms. The summed E-state index contributed by atoms with van der Waals surface area (Å²) in [5.41, 5.74) is 1.86. The maximum atomic E-state index is 11.7. The molecule has 0 aliphatic carbocycles. The Hall–Kier alpha value is -0.910. The average molecular weight is 257 g/mol. The molecule has 0 saturated heterocycles. The smallest absolute Gasteiger partial charge is 0.156 e. The molecule has 0 aromatic heterocycles. The van der Waals surface area contributed by atoms with Crippen LogP contribution in [0.5, 0.6) is 0 Å². The summed E-state index contributed by atoms with van der Waals surface area (Å²) in [4.78, 5) is 4.50. The molecular formula is C12H19NO3S. The van der Waals surface area contributed by atoms with Gasteiger partial charge in [0.2, 0.25) is 0 Å². The highest BCUT2D eigenvalue weighted by molar-refractivity contribution is 7.91. The van der Waals surface area contributed by atoms with Gasteiger partial charge in [0.25, 0.3) is 0 Å². The van der Waals surface area contributed by atoms with E-state index in [2.05, 4.69) is 4.84 Å². The molecule has 0 radical (unpaired) electrons. The normalized spacial score (nSPS) is 12.7. The second-order valence-corrected chi connectivity index (χ2v) is 7.17. The molecule has 17 heavy (non-hydrogen) atoms. The van der Waals surface area contributed by atoms with Gasteiger partial charge in [-0.15, -0.1) is 0 Å². The minimum atomic E-state index is -3.13. The van der Waals surface area contributed by atoms with E-state index in [1.807, 2.05) is 24.3 Å². The Bertz CT molecular complexity index is 463. The zero-order valence-electron chi connectivity index (χ0n) is 10.4. The van der Waals surface area contributed by atoms with Gasteiger partial charge in [-0.1, -0.05) is 24.3 Å². The van der Waals surface area contributed by atoms with E-state index in [1.165, 1.54) is 6.26 Å². The monoisotopic (exact) mass is 257 g/mol. The molecule has 0 atom stereocenters. The van der Waals surface area contributed by atoms with Crippen molar-refractivity contribution in [3.05, 3.63) is 35.4 Å². The van der Waals surface area contributed by atoms with Crippen molar-refractivity contribution in [3.63, 3.8) is 0 Å². The zero-order valence-corrected chi connectivity index (χ0v) is 11.3. The van der Waals surface area contributed by atoms with Gasteiger partial charge in [-0.2, -0.15) is 0 Å². The number of rotatable bonds is 5. The van der Waals surface area contributed by atoms with Crippen molar-refractivity contribution in [1.29, 1.82) is 0 Å². The lowest BCUT2D eigenvalue weighted by Crippen LogP contribution is -2.27. The minimum absolute atomic E-state index is 0.453. The molecule has 0 fully saturated rings. The Labute approximate surface area is 103 Å². The van der Waals surface area contributed by atoms with Gasteiger partial charge in [-0.25, -0.2) is 14.3 Å². The van der Waals surface area contributed by atoms with Crippen LogP contribution in [0, 0.1) is 0 Å². The van der Waals surface area contributed by atoms with E-state index in [9.17, 15) is 8.42 Å². The maximum absolute atomic E-state index is 11.7. The van der Waals surface area contributed by atoms with Crippen molar-refractivity contribution in [3.8, 4) is 0 Å². The van der Waals surface area contributed by atoms with E-state index in [0.717, 1.165) is 17.5 Å². The summed E-state index contributed by atoms with van der Waals surface area (Å²) in [6.07, 6.45) is 1.97. The highest BCUT2D eigenvalue weighted by atomic mass is 32.2. The first kappa shape index (κ1) is 14.2. The molecule has 0 amide bonds. The van der Waals surface area contributed by atoms with E-state index in [-0.39, 0.29) is 0 Å². The highest BCUT2D eigenvalue weighted by Gasteiger charge is 2.31. The number of nitrogens with two attached hydrogens (primary N) is 1. The summed E-state index contributed by atoms with van der Waals surface area (Å²) in [5, 5.41) is 0. The second-order valence-electron chi connectivity index (χ2n) is 4.60. The maximum Gasteiger partial charge on any atom is 0.156 e. The van der Waals surface area contributed by atoms with Crippen LogP contribution in [0.4, 0.5) is 0 Å². The fourth-order valence-corrected chi connectivity index (χ4v) is 2.03. The van der Waals surface area contributed by atoms with Crippen LogP contribution in [0.3, 0.4) is 0 Å². The standard InChI is InChI=1S/C12H19NO3S/c1-12(2,17(3,14)15)11-6-4-10(5-7-11)8-9-16-13/h4-7H,8-9,13H2,1-3H3. The van der Waals surface area contributed by atoms with E-state index in [0.29, 0.717) is 6.61 Å². The molecule has 1 rings (SSSR count). The first-order valence-electron chi connectivity index (χ1n) is 5.40. The van der Waals surface area contributed by atoms with Crippen molar-refractivity contribution >= 4 is 9.84 Å². The number of sulfone groups is 1.